The van der Waals surface area contributed by atoms with Gasteiger partial charge in [0, 0.05) is 0 Å². The summed E-state index contributed by atoms with van der Waals surface area (Å²) in [5.41, 5.74) is 13.5. The fourth-order valence-electron chi connectivity index (χ4n) is 13.3. The zero-order chi connectivity index (χ0) is 58.3. The second-order valence-corrected chi connectivity index (χ2v) is 26.4. The van der Waals surface area contributed by atoms with Crippen molar-refractivity contribution in [2.24, 2.45) is 0 Å². The molecule has 0 bridgehead atoms. The van der Waals surface area contributed by atoms with E-state index in [1.54, 1.807) is 0 Å². The van der Waals surface area contributed by atoms with E-state index in [0.717, 1.165) is 56.3 Å². The number of benzene rings is 12. The topological polar surface area (TPSA) is 27.7 Å². The maximum Gasteiger partial charge on any atom is 0.119 e. The first-order valence-electron chi connectivity index (χ1n) is 31.9. The molecule has 84 heavy (non-hydrogen) atoms. The van der Waals surface area contributed by atoms with Gasteiger partial charge in [-0.3, -0.25) is 0 Å². The van der Waals surface area contributed by atoms with Gasteiger partial charge >= 0.3 is 0 Å². The van der Waals surface area contributed by atoms with E-state index in [0.29, 0.717) is 0 Å². The molecule has 0 radical (unpaired) electrons. The second-order valence-electron chi connectivity index (χ2n) is 26.4. The van der Waals surface area contributed by atoms with Gasteiger partial charge < -0.3 is 14.2 Å². The summed E-state index contributed by atoms with van der Waals surface area (Å²) in [5.74, 6) is 2.76. The van der Waals surface area contributed by atoms with Crippen LogP contribution < -0.4 is 14.2 Å². The van der Waals surface area contributed by atoms with Crippen LogP contribution in [0, 0.1) is 6.92 Å². The summed E-state index contributed by atoms with van der Waals surface area (Å²) in [7, 11) is 0. The Hall–Kier alpha value is -7.62. The molecule has 0 heterocycles. The molecule has 0 fully saturated rings. The lowest BCUT2D eigenvalue weighted by atomic mass is 9.77. The smallest absolute Gasteiger partial charge is 0.119 e. The molecular weight excluding hydrogens is 1020 g/mol. The SMILES string of the molecule is CCCCCCOc1ccc(-c2cc3cc(C(C)(C)C)cc4cc(-c5ccc(C)cc5)c5c6c(cc2c5c34)cc2c(-c3ccc(OCCCCCC)cc3)cc3cc(C(C)(C)C)cc4cc(-c5ccc(OCCCCCC)cc5)c6c2c34)cc1. The van der Waals surface area contributed by atoms with Crippen molar-refractivity contribution in [1.29, 1.82) is 0 Å². The minimum Gasteiger partial charge on any atom is -0.494 e. The van der Waals surface area contributed by atoms with Crippen molar-refractivity contribution in [3.8, 4) is 61.8 Å². The minimum absolute atomic E-state index is 0.0687. The van der Waals surface area contributed by atoms with Gasteiger partial charge in [-0.1, -0.05) is 211 Å². The molecule has 3 heteroatoms. The van der Waals surface area contributed by atoms with Gasteiger partial charge in [-0.15, -0.1) is 0 Å². The van der Waals surface area contributed by atoms with Crippen molar-refractivity contribution in [3.63, 3.8) is 0 Å². The highest BCUT2D eigenvalue weighted by Gasteiger charge is 2.28. The molecule has 3 nitrogen and oxygen atoms in total. The molecule has 12 aromatic carbocycles. The van der Waals surface area contributed by atoms with Crippen molar-refractivity contribution in [1.82, 2.24) is 0 Å². The number of hydrogen-bond acceptors (Lipinski definition) is 3. The summed E-state index contributed by atoms with van der Waals surface area (Å²) in [4.78, 5) is 0. The fourth-order valence-corrected chi connectivity index (χ4v) is 13.3. The van der Waals surface area contributed by atoms with Crippen LogP contribution in [0.15, 0.2) is 158 Å². The monoisotopic (exact) mass is 1110 g/mol. The van der Waals surface area contributed by atoms with E-state index in [1.807, 2.05) is 0 Å². The molecule has 0 saturated carbocycles. The van der Waals surface area contributed by atoms with Crippen molar-refractivity contribution in [2.45, 2.75) is 157 Å². The fraction of sp³-hybridized carbons (Fsp3) is 0.333. The van der Waals surface area contributed by atoms with Gasteiger partial charge in [0.25, 0.3) is 0 Å². The Morgan fingerprint density at radius 3 is 0.905 bits per heavy atom. The zero-order valence-corrected chi connectivity index (χ0v) is 51.8. The molecule has 12 rings (SSSR count). The van der Waals surface area contributed by atoms with E-state index >= 15 is 0 Å². The largest absolute Gasteiger partial charge is 0.494 e. The number of rotatable bonds is 22. The Balaban J connectivity index is 1.22. The van der Waals surface area contributed by atoms with Crippen molar-refractivity contribution < 1.29 is 14.2 Å². The normalized spacial score (nSPS) is 12.4. The van der Waals surface area contributed by atoms with E-state index in [2.05, 4.69) is 227 Å². The minimum atomic E-state index is -0.0779. The zero-order valence-electron chi connectivity index (χ0n) is 51.8. The predicted octanol–water partition coefficient (Wildman–Crippen LogP) is 24.1. The Morgan fingerprint density at radius 1 is 0.286 bits per heavy atom. The van der Waals surface area contributed by atoms with Gasteiger partial charge in [0.1, 0.15) is 17.2 Å². The van der Waals surface area contributed by atoms with E-state index in [9.17, 15) is 0 Å². The molecule has 0 aliphatic heterocycles. The van der Waals surface area contributed by atoms with Crippen molar-refractivity contribution in [2.75, 3.05) is 19.8 Å². The summed E-state index contributed by atoms with van der Waals surface area (Å²) in [6, 6.07) is 61.4. The van der Waals surface area contributed by atoms with Crippen LogP contribution in [0.2, 0.25) is 0 Å². The average molecular weight is 1110 g/mol. The lowest BCUT2D eigenvalue weighted by Crippen LogP contribution is -2.11. The molecule has 0 aliphatic carbocycles. The van der Waals surface area contributed by atoms with E-state index < -0.39 is 0 Å². The Kier molecular flexibility index (Phi) is 16.1. The molecule has 0 N–H and O–H groups in total. The van der Waals surface area contributed by atoms with Gasteiger partial charge in [-0.05, 0) is 241 Å². The standard InChI is InChI=1S/C81H86O3/c1-11-14-17-20-39-82-64-33-27-53(28-34-64)67-46-57-42-62(80(5,6)7)44-59-48-69(55-25-23-52(4)24-26-55)76-75-61(50-71(67)78(76)73(57)59)51-72-68(54-29-35-65(36-30-54)83-40-21-18-15-12-2)47-58-43-63(81(8,9)10)45-60-49-70(77(75)79(72)74(58)60)56-31-37-66(38-32-56)84-41-22-19-16-13-3/h23-38,42-51H,11-22,39-41H2,1-10H3. The lowest BCUT2D eigenvalue weighted by Gasteiger charge is -2.27. The van der Waals surface area contributed by atoms with Crippen LogP contribution in [0.1, 0.15) is 156 Å². The van der Waals surface area contributed by atoms with Gasteiger partial charge in [0.05, 0.1) is 19.8 Å². The molecule has 0 atom stereocenters. The highest BCUT2D eigenvalue weighted by atomic mass is 16.5. The van der Waals surface area contributed by atoms with Crippen LogP contribution >= 0.6 is 0 Å². The summed E-state index contributed by atoms with van der Waals surface area (Å²) in [6.07, 6.45) is 14.1. The summed E-state index contributed by atoms with van der Waals surface area (Å²) in [6.45, 7) is 25.3. The molecule has 0 aliphatic rings. The van der Waals surface area contributed by atoms with Crippen molar-refractivity contribution >= 4 is 75.4 Å². The van der Waals surface area contributed by atoms with Gasteiger partial charge in [-0.25, -0.2) is 0 Å². The van der Waals surface area contributed by atoms with E-state index in [-0.39, 0.29) is 10.8 Å². The molecular formula is C81H86O3. The summed E-state index contributed by atoms with van der Waals surface area (Å²) in [5, 5.41) is 17.9. The maximum atomic E-state index is 6.46. The van der Waals surface area contributed by atoms with Crippen molar-refractivity contribution in [3.05, 3.63) is 174 Å². The van der Waals surface area contributed by atoms with Crippen LogP contribution in [0.5, 0.6) is 17.2 Å². The third kappa shape index (κ3) is 11.2. The summed E-state index contributed by atoms with van der Waals surface area (Å²) < 4.78 is 19.3. The van der Waals surface area contributed by atoms with Crippen LogP contribution in [-0.4, -0.2) is 19.8 Å². The third-order valence-corrected chi connectivity index (χ3v) is 18.0. The van der Waals surface area contributed by atoms with Crippen LogP contribution in [-0.2, 0) is 10.8 Å². The Morgan fingerprint density at radius 2 is 0.583 bits per heavy atom. The summed E-state index contributed by atoms with van der Waals surface area (Å²) >= 11 is 0. The van der Waals surface area contributed by atoms with Gasteiger partial charge in [0.2, 0.25) is 0 Å². The first-order valence-corrected chi connectivity index (χ1v) is 31.9. The molecule has 428 valence electrons. The first kappa shape index (κ1) is 56.8. The molecule has 0 saturated heterocycles. The maximum absolute atomic E-state index is 6.46. The second kappa shape index (κ2) is 23.8. The van der Waals surface area contributed by atoms with E-state index in [4.69, 9.17) is 14.2 Å². The lowest BCUT2D eigenvalue weighted by molar-refractivity contribution is 0.305. The van der Waals surface area contributed by atoms with E-state index in [1.165, 1.54) is 194 Å². The Labute approximate surface area is 500 Å². The highest BCUT2D eigenvalue weighted by molar-refractivity contribution is 6.43. The number of ether oxygens (including phenoxy) is 3. The predicted molar refractivity (Wildman–Crippen MR) is 364 cm³/mol. The van der Waals surface area contributed by atoms with Crippen LogP contribution in [0.4, 0.5) is 0 Å². The van der Waals surface area contributed by atoms with Crippen LogP contribution in [0.25, 0.3) is 120 Å². The number of unbranched alkanes of at least 4 members (excludes halogenated alkanes) is 9. The molecule has 0 spiro atoms. The van der Waals surface area contributed by atoms with Gasteiger partial charge in [0.15, 0.2) is 0 Å². The van der Waals surface area contributed by atoms with Crippen LogP contribution in [0.3, 0.4) is 0 Å². The number of fused-ring (bicyclic) bond motifs is 3. The average Bonchev–Trinajstić information content (AvgIpc) is 0.736. The molecule has 0 unspecified atom stereocenters. The Bertz CT molecular complexity index is 4240. The third-order valence-electron chi connectivity index (χ3n) is 18.0. The molecule has 12 aromatic rings. The quantitative estimate of drug-likeness (QED) is 0.0385. The number of aryl methyl sites for hydroxylation is 1. The first-order chi connectivity index (χ1) is 40.7. The number of hydrogen-bond donors (Lipinski definition) is 0. The molecule has 0 amide bonds. The van der Waals surface area contributed by atoms with Gasteiger partial charge in [-0.2, -0.15) is 0 Å². The highest BCUT2D eigenvalue weighted by Crippen LogP contribution is 2.54. The molecule has 0 aromatic heterocycles.